The Morgan fingerprint density at radius 2 is 1.83 bits per heavy atom. The van der Waals surface area contributed by atoms with Gasteiger partial charge in [-0.1, -0.05) is 60.8 Å². The SMILES string of the molecule is CCCCCC(CC(C)C)n1nc(OCCC(C)Nc2nc(Cl)ncc2C(C)C)c(C(C)CO)c1C. The number of ether oxygens (including phenoxy) is 1. The van der Waals surface area contributed by atoms with Crippen LogP contribution < -0.4 is 10.1 Å². The number of aliphatic hydroxyl groups excluding tert-OH is 1. The van der Waals surface area contributed by atoms with Crippen LogP contribution in [0.3, 0.4) is 0 Å². The Kier molecular flexibility index (Phi) is 12.5. The van der Waals surface area contributed by atoms with Crippen LogP contribution in [-0.4, -0.2) is 44.1 Å². The number of aromatic nitrogens is 4. The number of halogens is 1. The van der Waals surface area contributed by atoms with Crippen molar-refractivity contribution in [3.8, 4) is 5.88 Å². The third-order valence-corrected chi connectivity index (χ3v) is 6.92. The molecule has 204 valence electrons. The molecular formula is C28H48ClN5O2. The molecule has 3 atom stereocenters. The first-order chi connectivity index (χ1) is 17.1. The summed E-state index contributed by atoms with van der Waals surface area (Å²) in [5, 5.41) is 18.6. The highest BCUT2D eigenvalue weighted by molar-refractivity contribution is 6.28. The van der Waals surface area contributed by atoms with E-state index in [1.807, 2.05) is 6.92 Å². The number of nitrogens with one attached hydrogen (secondary N) is 1. The van der Waals surface area contributed by atoms with Gasteiger partial charge in [-0.2, -0.15) is 0 Å². The minimum absolute atomic E-state index is 0.0311. The van der Waals surface area contributed by atoms with Crippen LogP contribution in [0.5, 0.6) is 5.88 Å². The van der Waals surface area contributed by atoms with Gasteiger partial charge in [-0.05, 0) is 50.1 Å². The van der Waals surface area contributed by atoms with Crippen molar-refractivity contribution in [1.82, 2.24) is 19.7 Å². The molecule has 0 aromatic carbocycles. The first-order valence-corrected chi connectivity index (χ1v) is 14.1. The molecule has 0 bridgehead atoms. The van der Waals surface area contributed by atoms with Gasteiger partial charge >= 0.3 is 0 Å². The fraction of sp³-hybridized carbons (Fsp3) is 0.750. The Balaban J connectivity index is 2.16. The Morgan fingerprint density at radius 3 is 2.44 bits per heavy atom. The highest BCUT2D eigenvalue weighted by Gasteiger charge is 2.25. The lowest BCUT2D eigenvalue weighted by atomic mass is 9.97. The van der Waals surface area contributed by atoms with Gasteiger partial charge < -0.3 is 15.2 Å². The lowest BCUT2D eigenvalue weighted by molar-refractivity contribution is 0.258. The van der Waals surface area contributed by atoms with E-state index in [4.69, 9.17) is 21.4 Å². The van der Waals surface area contributed by atoms with E-state index in [9.17, 15) is 5.11 Å². The van der Waals surface area contributed by atoms with Gasteiger partial charge in [0, 0.05) is 48.0 Å². The third kappa shape index (κ3) is 8.62. The van der Waals surface area contributed by atoms with Crippen molar-refractivity contribution in [3.63, 3.8) is 0 Å². The molecule has 0 saturated carbocycles. The van der Waals surface area contributed by atoms with Gasteiger partial charge in [0.2, 0.25) is 11.2 Å². The quantitative estimate of drug-likeness (QED) is 0.178. The molecule has 3 unspecified atom stereocenters. The first-order valence-electron chi connectivity index (χ1n) is 13.7. The van der Waals surface area contributed by atoms with Gasteiger partial charge in [0.05, 0.1) is 12.6 Å². The Labute approximate surface area is 223 Å². The van der Waals surface area contributed by atoms with Gasteiger partial charge in [-0.15, -0.1) is 5.10 Å². The molecule has 0 fully saturated rings. The molecular weight excluding hydrogens is 474 g/mol. The molecule has 7 nitrogen and oxygen atoms in total. The summed E-state index contributed by atoms with van der Waals surface area (Å²) in [7, 11) is 0. The van der Waals surface area contributed by atoms with Crippen molar-refractivity contribution in [1.29, 1.82) is 0 Å². The smallest absolute Gasteiger partial charge is 0.236 e. The molecule has 0 aliphatic rings. The summed E-state index contributed by atoms with van der Waals surface area (Å²) in [4.78, 5) is 8.53. The van der Waals surface area contributed by atoms with Gasteiger partial charge in [0.25, 0.3) is 0 Å². The lowest BCUT2D eigenvalue weighted by Crippen LogP contribution is -2.21. The molecule has 0 aliphatic carbocycles. The summed E-state index contributed by atoms with van der Waals surface area (Å²) in [5.74, 6) is 2.27. The second-order valence-corrected chi connectivity index (χ2v) is 11.2. The molecule has 0 amide bonds. The van der Waals surface area contributed by atoms with E-state index in [1.165, 1.54) is 19.3 Å². The predicted octanol–water partition coefficient (Wildman–Crippen LogP) is 7.29. The lowest BCUT2D eigenvalue weighted by Gasteiger charge is -2.21. The van der Waals surface area contributed by atoms with E-state index in [2.05, 4.69) is 68.4 Å². The second-order valence-electron chi connectivity index (χ2n) is 10.9. The maximum absolute atomic E-state index is 9.95. The van der Waals surface area contributed by atoms with E-state index >= 15 is 0 Å². The highest BCUT2D eigenvalue weighted by Crippen LogP contribution is 2.34. The van der Waals surface area contributed by atoms with Crippen LogP contribution in [0, 0.1) is 12.8 Å². The second kappa shape index (κ2) is 14.8. The van der Waals surface area contributed by atoms with E-state index in [-0.39, 0.29) is 23.9 Å². The van der Waals surface area contributed by atoms with Crippen molar-refractivity contribution in [2.45, 2.75) is 118 Å². The summed E-state index contributed by atoms with van der Waals surface area (Å²) in [6, 6.07) is 0.467. The van der Waals surface area contributed by atoms with E-state index < -0.39 is 0 Å². The molecule has 2 aromatic heterocycles. The van der Waals surface area contributed by atoms with Crippen LogP contribution in [-0.2, 0) is 0 Å². The van der Waals surface area contributed by atoms with Crippen LogP contribution in [0.15, 0.2) is 6.20 Å². The van der Waals surface area contributed by atoms with Crippen molar-refractivity contribution < 1.29 is 9.84 Å². The van der Waals surface area contributed by atoms with Crippen molar-refractivity contribution in [3.05, 3.63) is 28.3 Å². The number of hydrogen-bond donors (Lipinski definition) is 2. The van der Waals surface area contributed by atoms with Crippen molar-refractivity contribution >= 4 is 17.4 Å². The van der Waals surface area contributed by atoms with Crippen LogP contribution in [0.2, 0.25) is 5.28 Å². The maximum atomic E-state index is 9.95. The van der Waals surface area contributed by atoms with Crippen LogP contribution in [0.25, 0.3) is 0 Å². The molecule has 36 heavy (non-hydrogen) atoms. The molecule has 2 heterocycles. The number of aliphatic hydroxyl groups is 1. The number of hydrogen-bond acceptors (Lipinski definition) is 6. The summed E-state index contributed by atoms with van der Waals surface area (Å²) >= 11 is 6.05. The summed E-state index contributed by atoms with van der Waals surface area (Å²) in [6.07, 6.45) is 8.39. The van der Waals surface area contributed by atoms with Gasteiger partial charge in [0.1, 0.15) is 5.82 Å². The topological polar surface area (TPSA) is 85.1 Å². The summed E-state index contributed by atoms with van der Waals surface area (Å²) in [5.41, 5.74) is 3.17. The monoisotopic (exact) mass is 521 g/mol. The maximum Gasteiger partial charge on any atom is 0.236 e. The fourth-order valence-electron chi connectivity index (χ4n) is 4.69. The minimum Gasteiger partial charge on any atom is -0.476 e. The Bertz CT molecular complexity index is 931. The van der Waals surface area contributed by atoms with Gasteiger partial charge in [-0.25, -0.2) is 9.97 Å². The van der Waals surface area contributed by atoms with Gasteiger partial charge in [0.15, 0.2) is 0 Å². The first kappa shape index (κ1) is 30.4. The average Bonchev–Trinajstić information content (AvgIpc) is 3.13. The standard InChI is InChI=1S/C28H48ClN5O2/c1-9-10-11-12-23(15-18(2)3)34-22(8)25(20(6)17-35)27(33-34)36-14-13-21(7)31-26-24(19(4)5)16-30-28(29)32-26/h16,18-21,23,35H,9-15,17H2,1-8H3,(H,30,31,32). The fourth-order valence-corrected chi connectivity index (χ4v) is 4.82. The molecule has 0 spiro atoms. The normalized spacial score (nSPS) is 14.3. The van der Waals surface area contributed by atoms with Crippen LogP contribution >= 0.6 is 11.6 Å². The molecule has 2 N–H and O–H groups in total. The number of anilines is 1. The zero-order chi connectivity index (χ0) is 26.8. The minimum atomic E-state index is -0.0311. The Morgan fingerprint density at radius 1 is 1.11 bits per heavy atom. The number of unbranched alkanes of at least 4 members (excludes halogenated alkanes) is 2. The molecule has 8 heteroatoms. The van der Waals surface area contributed by atoms with E-state index in [0.29, 0.717) is 30.4 Å². The highest BCUT2D eigenvalue weighted by atomic mass is 35.5. The number of rotatable bonds is 16. The summed E-state index contributed by atoms with van der Waals surface area (Å²) < 4.78 is 8.44. The molecule has 2 rings (SSSR count). The zero-order valence-corrected chi connectivity index (χ0v) is 24.4. The average molecular weight is 522 g/mol. The molecule has 0 saturated heterocycles. The molecule has 0 aliphatic heterocycles. The largest absolute Gasteiger partial charge is 0.476 e. The third-order valence-electron chi connectivity index (χ3n) is 6.74. The van der Waals surface area contributed by atoms with E-state index in [0.717, 1.165) is 41.9 Å². The van der Waals surface area contributed by atoms with Crippen LogP contribution in [0.4, 0.5) is 5.82 Å². The van der Waals surface area contributed by atoms with Crippen molar-refractivity contribution in [2.24, 2.45) is 5.92 Å². The van der Waals surface area contributed by atoms with Crippen molar-refractivity contribution in [2.75, 3.05) is 18.5 Å². The van der Waals surface area contributed by atoms with E-state index in [1.54, 1.807) is 6.20 Å². The van der Waals surface area contributed by atoms with Gasteiger partial charge in [-0.3, -0.25) is 4.68 Å². The zero-order valence-electron chi connectivity index (χ0n) is 23.6. The number of nitrogens with zero attached hydrogens (tertiary/aromatic N) is 4. The summed E-state index contributed by atoms with van der Waals surface area (Å²) in [6.45, 7) is 17.8. The molecule has 0 radical (unpaired) electrons. The Hall–Kier alpha value is -1.86. The van der Waals surface area contributed by atoms with Crippen LogP contribution in [0.1, 0.15) is 122 Å². The predicted molar refractivity (Wildman–Crippen MR) is 149 cm³/mol. The molecule has 2 aromatic rings.